The summed E-state index contributed by atoms with van der Waals surface area (Å²) in [4.78, 5) is 4.12. The van der Waals surface area contributed by atoms with E-state index in [0.717, 1.165) is 16.8 Å². The van der Waals surface area contributed by atoms with Crippen molar-refractivity contribution in [1.82, 2.24) is 0 Å². The molecule has 0 aliphatic rings. The van der Waals surface area contributed by atoms with Gasteiger partial charge in [0.2, 0.25) is 0 Å². The van der Waals surface area contributed by atoms with E-state index in [0.29, 0.717) is 6.00 Å². The minimum atomic E-state index is -0.227. The predicted octanol–water partition coefficient (Wildman–Crippen LogP) is 6.86. The summed E-state index contributed by atoms with van der Waals surface area (Å²) in [6, 6.07) is 28.6. The molecule has 0 N–H and O–H groups in total. The molecule has 1 atom stereocenters. The Kier molecular flexibility index (Phi) is 6.15. The SMILES string of the molecule is CN(C)c1ccc(C(c2ccc(F)cc2)c2ccc(N(C)CCl)cc2)c2ccccc12. The van der Waals surface area contributed by atoms with Gasteiger partial charge in [-0.05, 0) is 52.4 Å². The fourth-order valence-electron chi connectivity index (χ4n) is 4.15. The first kappa shape index (κ1) is 21.2. The van der Waals surface area contributed by atoms with Crippen LogP contribution in [0.25, 0.3) is 10.8 Å². The zero-order chi connectivity index (χ0) is 22.0. The Labute approximate surface area is 188 Å². The van der Waals surface area contributed by atoms with Crippen molar-refractivity contribution < 1.29 is 4.39 Å². The van der Waals surface area contributed by atoms with Crippen molar-refractivity contribution in [1.29, 1.82) is 0 Å². The number of halogens is 2. The predicted molar refractivity (Wildman–Crippen MR) is 131 cm³/mol. The summed E-state index contributed by atoms with van der Waals surface area (Å²) < 4.78 is 13.7. The van der Waals surface area contributed by atoms with E-state index in [9.17, 15) is 4.39 Å². The molecule has 0 heterocycles. The molecule has 0 spiro atoms. The van der Waals surface area contributed by atoms with Crippen LogP contribution in [0.2, 0.25) is 0 Å². The highest BCUT2D eigenvalue weighted by Crippen LogP contribution is 2.39. The van der Waals surface area contributed by atoms with Gasteiger partial charge in [0.25, 0.3) is 0 Å². The lowest BCUT2D eigenvalue weighted by Crippen LogP contribution is -2.14. The molecule has 0 saturated carbocycles. The van der Waals surface area contributed by atoms with Crippen LogP contribution in [0.15, 0.2) is 84.9 Å². The van der Waals surface area contributed by atoms with Crippen molar-refractivity contribution in [3.05, 3.63) is 107 Å². The maximum Gasteiger partial charge on any atom is 0.123 e. The van der Waals surface area contributed by atoms with Crippen LogP contribution in [0.3, 0.4) is 0 Å². The highest BCUT2D eigenvalue weighted by atomic mass is 35.5. The fraction of sp³-hybridized carbons (Fsp3) is 0.185. The van der Waals surface area contributed by atoms with Crippen LogP contribution in [0.5, 0.6) is 0 Å². The number of alkyl halides is 1. The third kappa shape index (κ3) is 4.24. The van der Waals surface area contributed by atoms with E-state index < -0.39 is 0 Å². The number of anilines is 2. The van der Waals surface area contributed by atoms with Gasteiger partial charge in [0.1, 0.15) is 5.82 Å². The van der Waals surface area contributed by atoms with Crippen molar-refractivity contribution in [3.63, 3.8) is 0 Å². The van der Waals surface area contributed by atoms with Crippen LogP contribution in [0.1, 0.15) is 22.6 Å². The smallest absolute Gasteiger partial charge is 0.123 e. The van der Waals surface area contributed by atoms with Crippen LogP contribution in [-0.4, -0.2) is 27.1 Å². The molecule has 4 aromatic rings. The molecule has 0 saturated heterocycles. The van der Waals surface area contributed by atoms with Crippen LogP contribution in [-0.2, 0) is 0 Å². The fourth-order valence-corrected chi connectivity index (χ4v) is 4.28. The van der Waals surface area contributed by atoms with E-state index in [2.05, 4.69) is 79.7 Å². The van der Waals surface area contributed by atoms with Crippen molar-refractivity contribution in [2.75, 3.05) is 36.9 Å². The molecule has 0 fully saturated rings. The topological polar surface area (TPSA) is 6.48 Å². The summed E-state index contributed by atoms with van der Waals surface area (Å²) in [5.41, 5.74) is 5.65. The van der Waals surface area contributed by atoms with E-state index >= 15 is 0 Å². The van der Waals surface area contributed by atoms with E-state index in [1.807, 2.05) is 24.1 Å². The Balaban J connectivity index is 1.92. The molecule has 0 amide bonds. The number of hydrogen-bond donors (Lipinski definition) is 0. The van der Waals surface area contributed by atoms with E-state index in [1.165, 1.54) is 34.2 Å². The van der Waals surface area contributed by atoms with E-state index in [-0.39, 0.29) is 11.7 Å². The van der Waals surface area contributed by atoms with Gasteiger partial charge >= 0.3 is 0 Å². The summed E-state index contributed by atoms with van der Waals surface area (Å²) in [5, 5.41) is 2.40. The number of fused-ring (bicyclic) bond motifs is 1. The molecular formula is C27H26ClFN2. The molecule has 1 unspecified atom stereocenters. The summed E-state index contributed by atoms with van der Waals surface area (Å²) in [5.74, 6) is -0.244. The molecule has 158 valence electrons. The van der Waals surface area contributed by atoms with Crippen molar-refractivity contribution in [3.8, 4) is 0 Å². The highest BCUT2D eigenvalue weighted by molar-refractivity contribution is 6.18. The van der Waals surface area contributed by atoms with Crippen molar-refractivity contribution in [2.45, 2.75) is 5.92 Å². The van der Waals surface area contributed by atoms with Gasteiger partial charge in [-0.25, -0.2) is 4.39 Å². The molecule has 4 aromatic carbocycles. The maximum atomic E-state index is 13.7. The van der Waals surface area contributed by atoms with Gasteiger partial charge in [-0.3, -0.25) is 0 Å². The van der Waals surface area contributed by atoms with Gasteiger partial charge in [-0.2, -0.15) is 0 Å². The maximum absolute atomic E-state index is 13.7. The van der Waals surface area contributed by atoms with Gasteiger partial charge in [0, 0.05) is 43.8 Å². The zero-order valence-electron chi connectivity index (χ0n) is 18.0. The molecule has 0 aromatic heterocycles. The molecule has 0 bridgehead atoms. The first-order valence-electron chi connectivity index (χ1n) is 10.3. The largest absolute Gasteiger partial charge is 0.377 e. The summed E-state index contributed by atoms with van der Waals surface area (Å²) in [6.07, 6.45) is 0. The van der Waals surface area contributed by atoms with Gasteiger partial charge in [0.15, 0.2) is 0 Å². The van der Waals surface area contributed by atoms with Gasteiger partial charge in [-0.1, -0.05) is 54.6 Å². The Morgan fingerprint density at radius 3 is 1.90 bits per heavy atom. The molecule has 0 aliphatic carbocycles. The third-order valence-corrected chi connectivity index (χ3v) is 6.14. The number of nitrogens with zero attached hydrogens (tertiary/aromatic N) is 2. The normalized spacial score (nSPS) is 12.0. The molecule has 4 rings (SSSR count). The quantitative estimate of drug-likeness (QED) is 0.186. The molecule has 0 radical (unpaired) electrons. The molecule has 2 nitrogen and oxygen atoms in total. The minimum absolute atomic E-state index is 0.0166. The van der Waals surface area contributed by atoms with Gasteiger partial charge < -0.3 is 9.80 Å². The summed E-state index contributed by atoms with van der Waals surface area (Å²) in [7, 11) is 6.09. The van der Waals surface area contributed by atoms with Crippen molar-refractivity contribution in [2.24, 2.45) is 0 Å². The standard InChI is InChI=1S/C27H26ClFN2/c1-30(2)26-17-16-25(23-6-4-5-7-24(23)26)27(19-8-12-21(29)13-9-19)20-10-14-22(15-11-20)31(3)18-28/h4-17,27H,18H2,1-3H3. The van der Waals surface area contributed by atoms with E-state index in [1.54, 1.807) is 0 Å². The minimum Gasteiger partial charge on any atom is -0.377 e. The second kappa shape index (κ2) is 8.99. The Morgan fingerprint density at radius 1 is 0.742 bits per heavy atom. The lowest BCUT2D eigenvalue weighted by molar-refractivity contribution is 0.627. The number of rotatable bonds is 6. The summed E-state index contributed by atoms with van der Waals surface area (Å²) >= 11 is 5.99. The lowest BCUT2D eigenvalue weighted by Gasteiger charge is -2.24. The van der Waals surface area contributed by atoms with Gasteiger partial charge in [0.05, 0.1) is 6.00 Å². The second-order valence-electron chi connectivity index (χ2n) is 8.01. The van der Waals surface area contributed by atoms with Crippen molar-refractivity contribution >= 4 is 33.7 Å². The average Bonchev–Trinajstić information content (AvgIpc) is 2.80. The molecular weight excluding hydrogens is 407 g/mol. The second-order valence-corrected chi connectivity index (χ2v) is 8.25. The Morgan fingerprint density at radius 2 is 1.32 bits per heavy atom. The first-order chi connectivity index (χ1) is 15.0. The number of benzene rings is 4. The highest BCUT2D eigenvalue weighted by Gasteiger charge is 2.21. The lowest BCUT2D eigenvalue weighted by atomic mass is 9.82. The first-order valence-corrected chi connectivity index (χ1v) is 10.8. The van der Waals surface area contributed by atoms with Gasteiger partial charge in [-0.15, -0.1) is 11.6 Å². The van der Waals surface area contributed by atoms with Crippen LogP contribution in [0.4, 0.5) is 15.8 Å². The molecule has 4 heteroatoms. The molecule has 31 heavy (non-hydrogen) atoms. The Hall–Kier alpha value is -3.04. The molecule has 0 aliphatic heterocycles. The van der Waals surface area contributed by atoms with Crippen LogP contribution >= 0.6 is 11.6 Å². The van der Waals surface area contributed by atoms with Crippen LogP contribution in [0, 0.1) is 5.82 Å². The monoisotopic (exact) mass is 432 g/mol. The average molecular weight is 433 g/mol. The zero-order valence-corrected chi connectivity index (χ0v) is 18.8. The van der Waals surface area contributed by atoms with E-state index in [4.69, 9.17) is 11.6 Å². The third-order valence-electron chi connectivity index (χ3n) is 5.78. The van der Waals surface area contributed by atoms with Crippen LogP contribution < -0.4 is 9.80 Å². The Bertz CT molecular complexity index is 1170. The summed E-state index contributed by atoms with van der Waals surface area (Å²) in [6.45, 7) is 0. The number of hydrogen-bond acceptors (Lipinski definition) is 2.